The fourth-order valence-electron chi connectivity index (χ4n) is 7.29. The minimum Gasteiger partial charge on any atom is -0.362 e. The SMILES string of the molecule is O=C(NCc1ncccc1C(F)(F)F)c1ccc2c(c1)C1(CCN(C(=O)C3=NC=CCN3)CC1)C(C1CC1)N2S(=O)(=O)c1ccc(F)cc1. The van der Waals surface area contributed by atoms with Gasteiger partial charge in [0, 0.05) is 43.0 Å². The molecule has 2 amide bonds. The molecule has 256 valence electrons. The van der Waals surface area contributed by atoms with Crippen LogP contribution in [0.1, 0.15) is 52.9 Å². The second kappa shape index (κ2) is 12.3. The quantitative estimate of drug-likeness (QED) is 0.350. The number of sulfonamides is 1. The molecule has 2 N–H and O–H groups in total. The maximum absolute atomic E-state index is 14.4. The maximum atomic E-state index is 14.4. The fraction of sp³-hybridized carbons (Fsp3) is 0.353. The number of aromatic nitrogens is 1. The van der Waals surface area contributed by atoms with Gasteiger partial charge in [-0.25, -0.2) is 17.8 Å². The third-order valence-corrected chi connectivity index (χ3v) is 11.6. The number of fused-ring (bicyclic) bond motifs is 2. The van der Waals surface area contributed by atoms with Gasteiger partial charge >= 0.3 is 6.18 Å². The molecule has 49 heavy (non-hydrogen) atoms. The van der Waals surface area contributed by atoms with Gasteiger partial charge < -0.3 is 15.5 Å². The molecule has 1 saturated carbocycles. The van der Waals surface area contributed by atoms with Crippen LogP contribution in [-0.4, -0.2) is 61.6 Å². The number of anilines is 1. The van der Waals surface area contributed by atoms with E-state index in [2.05, 4.69) is 20.6 Å². The van der Waals surface area contributed by atoms with Crippen molar-refractivity contribution in [3.05, 3.63) is 101 Å². The lowest BCUT2D eigenvalue weighted by Gasteiger charge is -2.45. The summed E-state index contributed by atoms with van der Waals surface area (Å²) in [5, 5.41) is 5.52. The summed E-state index contributed by atoms with van der Waals surface area (Å²) in [6, 6.07) is 10.8. The lowest BCUT2D eigenvalue weighted by molar-refractivity contribution is -0.138. The van der Waals surface area contributed by atoms with E-state index in [-0.39, 0.29) is 33.8 Å². The summed E-state index contributed by atoms with van der Waals surface area (Å²) >= 11 is 0. The van der Waals surface area contributed by atoms with Crippen molar-refractivity contribution in [3.8, 4) is 0 Å². The van der Waals surface area contributed by atoms with Crippen LogP contribution >= 0.6 is 0 Å². The summed E-state index contributed by atoms with van der Waals surface area (Å²) in [6.45, 7) is 0.592. The molecular formula is C34H32F4N6O4S. The van der Waals surface area contributed by atoms with Crippen molar-refractivity contribution in [1.82, 2.24) is 20.5 Å². The van der Waals surface area contributed by atoms with Crippen LogP contribution in [0, 0.1) is 11.7 Å². The van der Waals surface area contributed by atoms with E-state index < -0.39 is 51.5 Å². The van der Waals surface area contributed by atoms with Crippen molar-refractivity contribution in [3.63, 3.8) is 0 Å². The molecular weight excluding hydrogens is 664 g/mol. The average molecular weight is 697 g/mol. The van der Waals surface area contributed by atoms with Crippen molar-refractivity contribution in [2.75, 3.05) is 23.9 Å². The van der Waals surface area contributed by atoms with E-state index in [1.54, 1.807) is 29.3 Å². The topological polar surface area (TPSA) is 124 Å². The average Bonchev–Trinajstić information content (AvgIpc) is 3.90. The van der Waals surface area contributed by atoms with Gasteiger partial charge in [0.1, 0.15) is 5.82 Å². The Morgan fingerprint density at radius 2 is 1.78 bits per heavy atom. The number of halogens is 4. The summed E-state index contributed by atoms with van der Waals surface area (Å²) in [7, 11) is -4.21. The molecule has 1 aliphatic carbocycles. The van der Waals surface area contributed by atoms with Gasteiger partial charge in [0.25, 0.3) is 21.8 Å². The van der Waals surface area contributed by atoms with Crippen molar-refractivity contribution >= 4 is 33.4 Å². The largest absolute Gasteiger partial charge is 0.418 e. The molecule has 1 unspecified atom stereocenters. The zero-order valence-corrected chi connectivity index (χ0v) is 26.9. The molecule has 3 aromatic rings. The van der Waals surface area contributed by atoms with E-state index >= 15 is 0 Å². The second-order valence-corrected chi connectivity index (χ2v) is 14.5. The highest BCUT2D eigenvalue weighted by Gasteiger charge is 2.60. The molecule has 15 heteroatoms. The van der Waals surface area contributed by atoms with Crippen molar-refractivity contribution < 1.29 is 35.6 Å². The Labute approximate surface area is 280 Å². The van der Waals surface area contributed by atoms with Crippen LogP contribution in [0.2, 0.25) is 0 Å². The minimum atomic E-state index is -4.65. The van der Waals surface area contributed by atoms with Gasteiger partial charge in [0.05, 0.1) is 34.4 Å². The predicted molar refractivity (Wildman–Crippen MR) is 171 cm³/mol. The Kier molecular flexibility index (Phi) is 8.20. The van der Waals surface area contributed by atoms with E-state index in [9.17, 15) is 35.6 Å². The molecule has 4 aliphatic rings. The van der Waals surface area contributed by atoms with Crippen LogP contribution in [0.4, 0.5) is 23.2 Å². The number of nitrogens with zero attached hydrogens (tertiary/aromatic N) is 4. The summed E-state index contributed by atoms with van der Waals surface area (Å²) < 4.78 is 84.7. The zero-order chi connectivity index (χ0) is 34.6. The van der Waals surface area contributed by atoms with Crippen LogP contribution in [0.5, 0.6) is 0 Å². The van der Waals surface area contributed by atoms with Gasteiger partial charge in [0.15, 0.2) is 5.84 Å². The number of nitrogens with one attached hydrogen (secondary N) is 2. The molecule has 1 atom stereocenters. The number of amides is 2. The normalized spacial score (nSPS) is 20.1. The monoisotopic (exact) mass is 696 g/mol. The third-order valence-electron chi connectivity index (χ3n) is 9.74. The fourth-order valence-corrected chi connectivity index (χ4v) is 9.09. The van der Waals surface area contributed by atoms with Gasteiger partial charge in [-0.3, -0.25) is 18.9 Å². The first-order valence-electron chi connectivity index (χ1n) is 15.9. The van der Waals surface area contributed by atoms with Crippen molar-refractivity contribution in [2.45, 2.75) is 54.8 Å². The number of carbonyl (C=O) groups excluding carboxylic acids is 2. The van der Waals surface area contributed by atoms with E-state index in [4.69, 9.17) is 0 Å². The first kappa shape index (κ1) is 32.7. The van der Waals surface area contributed by atoms with E-state index in [0.717, 1.165) is 31.0 Å². The summed E-state index contributed by atoms with van der Waals surface area (Å²) in [6.07, 6.45) is 2.25. The van der Waals surface area contributed by atoms with Crippen LogP contribution < -0.4 is 14.9 Å². The number of alkyl halides is 3. The number of hydrogen-bond acceptors (Lipinski definition) is 7. The number of aliphatic imine (C=N–C) groups is 1. The molecule has 2 fully saturated rings. The van der Waals surface area contributed by atoms with Crippen molar-refractivity contribution in [2.24, 2.45) is 10.9 Å². The van der Waals surface area contributed by atoms with E-state index in [0.29, 0.717) is 43.7 Å². The first-order valence-corrected chi connectivity index (χ1v) is 17.3. The second-order valence-electron chi connectivity index (χ2n) is 12.6. The standard InChI is InChI=1S/C34H32F4N6O4S/c35-23-7-9-24(10-8-23)49(47,48)44-28-11-6-22(31(45)42-20-27-25(34(36,37)38)3-1-14-39-27)19-26(28)33(29(44)21-4-5-21)12-17-43(18-13-33)32(46)30-40-15-2-16-41-30/h1-3,6-11,14-15,19,21,29H,4-5,12-13,16-18,20H2,(H,40,41)(H,42,45). The number of likely N-dealkylation sites (tertiary alicyclic amines) is 1. The van der Waals surface area contributed by atoms with Crippen molar-refractivity contribution in [1.29, 1.82) is 0 Å². The Morgan fingerprint density at radius 1 is 1.04 bits per heavy atom. The van der Waals surface area contributed by atoms with E-state index in [1.165, 1.54) is 34.8 Å². The molecule has 4 heterocycles. The molecule has 3 aliphatic heterocycles. The van der Waals surface area contributed by atoms with Crippen LogP contribution in [0.3, 0.4) is 0 Å². The Morgan fingerprint density at radius 3 is 2.43 bits per heavy atom. The highest BCUT2D eigenvalue weighted by Crippen LogP contribution is 2.59. The zero-order valence-electron chi connectivity index (χ0n) is 26.1. The number of amidine groups is 1. The summed E-state index contributed by atoms with van der Waals surface area (Å²) in [5.74, 6) is -1.27. The van der Waals surface area contributed by atoms with Gasteiger partial charge in [0.2, 0.25) is 0 Å². The van der Waals surface area contributed by atoms with Gasteiger partial charge in [-0.15, -0.1) is 0 Å². The molecule has 10 nitrogen and oxygen atoms in total. The maximum Gasteiger partial charge on any atom is 0.418 e. The number of hydrogen-bond donors (Lipinski definition) is 2. The predicted octanol–water partition coefficient (Wildman–Crippen LogP) is 4.53. The molecule has 7 rings (SSSR count). The van der Waals surface area contributed by atoms with Gasteiger partial charge in [-0.05, 0) is 97.8 Å². The number of piperidine rings is 1. The van der Waals surface area contributed by atoms with Gasteiger partial charge in [-0.2, -0.15) is 13.2 Å². The lowest BCUT2D eigenvalue weighted by Crippen LogP contribution is -2.56. The van der Waals surface area contributed by atoms with Gasteiger partial charge in [-0.1, -0.05) is 0 Å². The Bertz CT molecular complexity index is 1970. The Balaban J connectivity index is 1.25. The number of rotatable bonds is 7. The van der Waals surface area contributed by atoms with Crippen LogP contribution in [0.25, 0.3) is 0 Å². The summed E-state index contributed by atoms with van der Waals surface area (Å²) in [5.41, 5.74) is -0.947. The third kappa shape index (κ3) is 5.93. The molecule has 2 aromatic carbocycles. The first-order chi connectivity index (χ1) is 23.4. The number of pyridine rings is 1. The Hall–Kier alpha value is -4.79. The van der Waals surface area contributed by atoms with Crippen LogP contribution in [-0.2, 0) is 33.0 Å². The smallest absolute Gasteiger partial charge is 0.362 e. The molecule has 0 radical (unpaired) electrons. The molecule has 1 saturated heterocycles. The molecule has 1 aromatic heterocycles. The van der Waals surface area contributed by atoms with Crippen LogP contribution in [0.15, 0.2) is 83.0 Å². The number of carbonyl (C=O) groups is 2. The summed E-state index contributed by atoms with van der Waals surface area (Å²) in [4.78, 5) is 36.4. The highest BCUT2D eigenvalue weighted by atomic mass is 32.2. The molecule has 1 spiro atoms. The lowest BCUT2D eigenvalue weighted by atomic mass is 9.68. The number of benzene rings is 2. The highest BCUT2D eigenvalue weighted by molar-refractivity contribution is 7.92. The molecule has 0 bridgehead atoms. The van der Waals surface area contributed by atoms with E-state index in [1.807, 2.05) is 0 Å². The minimum absolute atomic E-state index is 0.00150.